The molecule has 2 N–H and O–H groups in total. The van der Waals surface area contributed by atoms with Gasteiger partial charge in [-0.15, -0.1) is 0 Å². The van der Waals surface area contributed by atoms with Crippen molar-refractivity contribution in [2.24, 2.45) is 14.1 Å². The van der Waals surface area contributed by atoms with Crippen molar-refractivity contribution >= 4 is 55.2 Å². The lowest BCUT2D eigenvalue weighted by Gasteiger charge is -2.16. The summed E-state index contributed by atoms with van der Waals surface area (Å²) in [4.78, 5) is 28.5. The molecule has 9 nitrogen and oxygen atoms in total. The van der Waals surface area contributed by atoms with Crippen LogP contribution in [0.5, 0.6) is 11.5 Å². The van der Waals surface area contributed by atoms with Crippen LogP contribution in [-0.4, -0.2) is 73.3 Å². The summed E-state index contributed by atoms with van der Waals surface area (Å²) in [7, 11) is 9.34. The highest BCUT2D eigenvalue weighted by atomic mass is 16.5. The maximum atomic E-state index is 13.1. The van der Waals surface area contributed by atoms with Crippen LogP contribution in [-0.2, 0) is 14.1 Å². The van der Waals surface area contributed by atoms with Crippen molar-refractivity contribution in [2.75, 3.05) is 47.4 Å². The minimum atomic E-state index is -0.0648. The predicted octanol–water partition coefficient (Wildman–Crippen LogP) is 5.87. The zero-order chi connectivity index (χ0) is 32.4. The summed E-state index contributed by atoms with van der Waals surface area (Å²) in [5.41, 5.74) is 3.43. The number of fused-ring (bicyclic) bond motifs is 6. The van der Waals surface area contributed by atoms with Gasteiger partial charge in [-0.25, -0.2) is 0 Å². The maximum absolute atomic E-state index is 13.1. The fourth-order valence-electron chi connectivity index (χ4n) is 6.45. The molecule has 0 aliphatic heterocycles. The van der Waals surface area contributed by atoms with E-state index in [1.165, 1.54) is 0 Å². The van der Waals surface area contributed by atoms with E-state index in [4.69, 9.17) is 9.47 Å². The number of aromatic nitrogens is 2. The van der Waals surface area contributed by atoms with Gasteiger partial charge in [-0.1, -0.05) is 24.3 Å². The van der Waals surface area contributed by atoms with Crippen molar-refractivity contribution in [3.8, 4) is 11.5 Å². The van der Waals surface area contributed by atoms with Gasteiger partial charge in [0.2, 0.25) is 0 Å². The van der Waals surface area contributed by atoms with E-state index in [1.807, 2.05) is 96.3 Å². The van der Waals surface area contributed by atoms with E-state index in [9.17, 15) is 9.59 Å². The molecule has 0 radical (unpaired) electrons. The normalized spacial score (nSPS) is 11.6. The number of ether oxygens (including phenoxy) is 2. The standard InChI is InChI=1S/C37H41N5O4/c1-40(18-6-16-38-36(43)32-22-41(2)34-28-14-10-26(45-4)20-24(28)8-12-30(32)34)19-7-17-39-37(44)33-23-42(3)35-29-15-11-27(46-5)21-25(29)9-13-31(33)35/h8-15,20-23H,6-7,16-19H2,1-5H3,(H,38,43)(H,39,44). The zero-order valence-electron chi connectivity index (χ0n) is 27.1. The molecule has 0 unspecified atom stereocenters. The van der Waals surface area contributed by atoms with Crippen LogP contribution < -0.4 is 20.1 Å². The van der Waals surface area contributed by atoms with E-state index < -0.39 is 0 Å². The molecule has 0 saturated heterocycles. The molecule has 46 heavy (non-hydrogen) atoms. The van der Waals surface area contributed by atoms with Gasteiger partial charge in [0.05, 0.1) is 36.4 Å². The first-order valence-electron chi connectivity index (χ1n) is 15.7. The van der Waals surface area contributed by atoms with Crippen molar-refractivity contribution < 1.29 is 19.1 Å². The van der Waals surface area contributed by atoms with E-state index in [0.717, 1.165) is 80.8 Å². The average Bonchev–Trinajstić information content (AvgIpc) is 3.60. The number of nitrogens with zero attached hydrogens (tertiary/aromatic N) is 3. The van der Waals surface area contributed by atoms with Crippen LogP contribution in [0.25, 0.3) is 43.4 Å². The largest absolute Gasteiger partial charge is 0.497 e. The van der Waals surface area contributed by atoms with Crippen molar-refractivity contribution in [3.05, 3.63) is 84.2 Å². The second-order valence-corrected chi connectivity index (χ2v) is 11.9. The fourth-order valence-corrected chi connectivity index (χ4v) is 6.45. The molecule has 0 aliphatic carbocycles. The molecule has 4 aromatic carbocycles. The number of nitrogens with one attached hydrogen (secondary N) is 2. The molecular weight excluding hydrogens is 578 g/mol. The van der Waals surface area contributed by atoms with Gasteiger partial charge in [-0.3, -0.25) is 9.59 Å². The first kappa shape index (κ1) is 31.0. The van der Waals surface area contributed by atoms with E-state index >= 15 is 0 Å². The number of rotatable bonds is 12. The van der Waals surface area contributed by atoms with E-state index in [-0.39, 0.29) is 11.8 Å². The first-order valence-corrected chi connectivity index (χ1v) is 15.7. The third-order valence-corrected chi connectivity index (χ3v) is 8.82. The number of hydrogen-bond donors (Lipinski definition) is 2. The summed E-state index contributed by atoms with van der Waals surface area (Å²) in [6.07, 6.45) is 5.47. The molecule has 6 rings (SSSR count). The average molecular weight is 620 g/mol. The quantitative estimate of drug-likeness (QED) is 0.168. The molecule has 2 amide bonds. The second-order valence-electron chi connectivity index (χ2n) is 11.9. The van der Waals surface area contributed by atoms with Gasteiger partial charge in [0.15, 0.2) is 0 Å². The fraction of sp³-hybridized carbons (Fsp3) is 0.297. The van der Waals surface area contributed by atoms with Crippen molar-refractivity contribution in [2.45, 2.75) is 12.8 Å². The number of hydrogen-bond acceptors (Lipinski definition) is 5. The molecular formula is C37H41N5O4. The number of carbonyl (C=O) groups excluding carboxylic acids is 2. The lowest BCUT2D eigenvalue weighted by Crippen LogP contribution is -2.30. The van der Waals surface area contributed by atoms with E-state index in [2.05, 4.69) is 22.6 Å². The minimum Gasteiger partial charge on any atom is -0.497 e. The molecule has 0 atom stereocenters. The molecule has 2 heterocycles. The molecule has 0 fully saturated rings. The predicted molar refractivity (Wildman–Crippen MR) is 185 cm³/mol. The summed E-state index contributed by atoms with van der Waals surface area (Å²) in [6, 6.07) is 20.1. The molecule has 0 bridgehead atoms. The van der Waals surface area contributed by atoms with Crippen LogP contribution in [0.15, 0.2) is 73.1 Å². The van der Waals surface area contributed by atoms with Gasteiger partial charge in [0, 0.05) is 61.1 Å². The van der Waals surface area contributed by atoms with Crippen molar-refractivity contribution in [1.29, 1.82) is 0 Å². The minimum absolute atomic E-state index is 0.0648. The molecule has 9 heteroatoms. The summed E-state index contributed by atoms with van der Waals surface area (Å²) < 4.78 is 14.8. The Bertz CT molecular complexity index is 1930. The molecule has 6 aromatic rings. The van der Waals surface area contributed by atoms with Crippen LogP contribution in [0, 0.1) is 0 Å². The van der Waals surface area contributed by atoms with Crippen LogP contribution in [0.1, 0.15) is 33.6 Å². The third-order valence-electron chi connectivity index (χ3n) is 8.82. The van der Waals surface area contributed by atoms with Crippen molar-refractivity contribution in [3.63, 3.8) is 0 Å². The van der Waals surface area contributed by atoms with Gasteiger partial charge in [0.25, 0.3) is 11.8 Å². The maximum Gasteiger partial charge on any atom is 0.253 e. The summed E-state index contributed by atoms with van der Waals surface area (Å²) in [5, 5.41) is 12.4. The number of methoxy groups -OCH3 is 2. The topological polar surface area (TPSA) is 89.8 Å². The smallest absolute Gasteiger partial charge is 0.253 e. The Hall–Kier alpha value is -5.02. The van der Waals surface area contributed by atoms with Gasteiger partial charge >= 0.3 is 0 Å². The number of amides is 2. The highest BCUT2D eigenvalue weighted by Gasteiger charge is 2.17. The van der Waals surface area contributed by atoms with Gasteiger partial charge in [0.1, 0.15) is 11.5 Å². The first-order chi connectivity index (χ1) is 22.3. The molecule has 0 saturated carbocycles. The SMILES string of the molecule is COc1ccc2c(ccc3c(C(=O)NCCCN(C)CCCNC(=O)c4cn(C)c5c4ccc4cc(OC)ccc45)cn(C)c32)c1. The highest BCUT2D eigenvalue weighted by molar-refractivity contribution is 6.16. The number of carbonyl (C=O) groups is 2. The van der Waals surface area contributed by atoms with Crippen LogP contribution in [0.2, 0.25) is 0 Å². The van der Waals surface area contributed by atoms with E-state index in [1.54, 1.807) is 14.2 Å². The van der Waals surface area contributed by atoms with Crippen LogP contribution in [0.4, 0.5) is 0 Å². The van der Waals surface area contributed by atoms with E-state index in [0.29, 0.717) is 24.2 Å². The monoisotopic (exact) mass is 619 g/mol. The Morgan fingerprint density at radius 3 is 1.48 bits per heavy atom. The summed E-state index contributed by atoms with van der Waals surface area (Å²) >= 11 is 0. The van der Waals surface area contributed by atoms with Crippen molar-refractivity contribution in [1.82, 2.24) is 24.7 Å². The van der Waals surface area contributed by atoms with Gasteiger partial charge in [-0.2, -0.15) is 0 Å². The summed E-state index contributed by atoms with van der Waals surface area (Å²) in [6.45, 7) is 2.86. The molecule has 238 valence electrons. The lowest BCUT2D eigenvalue weighted by atomic mass is 10.0. The Labute approximate surface area is 268 Å². The Kier molecular flexibility index (Phi) is 8.85. The second kappa shape index (κ2) is 13.1. The lowest BCUT2D eigenvalue weighted by molar-refractivity contribution is 0.0947. The molecule has 0 aliphatic rings. The van der Waals surface area contributed by atoms with Crippen LogP contribution in [0.3, 0.4) is 0 Å². The van der Waals surface area contributed by atoms with Gasteiger partial charge < -0.3 is 34.1 Å². The summed E-state index contributed by atoms with van der Waals surface area (Å²) in [5.74, 6) is 1.49. The Morgan fingerprint density at radius 1 is 0.652 bits per heavy atom. The zero-order valence-corrected chi connectivity index (χ0v) is 27.1. The number of aryl methyl sites for hydroxylation is 2. The van der Waals surface area contributed by atoms with Gasteiger partial charge in [-0.05, 0) is 80.1 Å². The van der Waals surface area contributed by atoms with Crippen LogP contribution >= 0.6 is 0 Å². The molecule has 2 aromatic heterocycles. The Morgan fingerprint density at radius 2 is 1.07 bits per heavy atom. The Balaban J connectivity index is 0.965. The number of benzene rings is 4. The highest BCUT2D eigenvalue weighted by Crippen LogP contribution is 2.32. The molecule has 0 spiro atoms. The third kappa shape index (κ3) is 5.98.